The van der Waals surface area contributed by atoms with Crippen molar-refractivity contribution >= 4 is 0 Å². The molecule has 0 radical (unpaired) electrons. The maximum atomic E-state index is 3.58. The lowest BCUT2D eigenvalue weighted by Gasteiger charge is -2.32. The fourth-order valence-electron chi connectivity index (χ4n) is 3.18. The molecule has 2 aliphatic carbocycles. The van der Waals surface area contributed by atoms with Crippen molar-refractivity contribution in [1.29, 1.82) is 0 Å². The standard InChI is InChI=1S/C10H18N2/c1-12-7-6-11-8-9(2-3-9)10(12)4-5-10/h11H,2-8H2,1H3. The Morgan fingerprint density at radius 3 is 2.50 bits per heavy atom. The molecule has 0 atom stereocenters. The molecule has 2 spiro atoms. The van der Waals surface area contributed by atoms with Gasteiger partial charge in [-0.15, -0.1) is 0 Å². The van der Waals surface area contributed by atoms with Crippen molar-refractivity contribution in [3.05, 3.63) is 0 Å². The first-order valence-electron chi connectivity index (χ1n) is 5.21. The molecule has 2 nitrogen and oxygen atoms in total. The second-order valence-electron chi connectivity index (χ2n) is 4.91. The topological polar surface area (TPSA) is 15.3 Å². The van der Waals surface area contributed by atoms with E-state index in [9.17, 15) is 0 Å². The van der Waals surface area contributed by atoms with Gasteiger partial charge in [0.05, 0.1) is 0 Å². The highest BCUT2D eigenvalue weighted by Crippen LogP contribution is 2.66. The van der Waals surface area contributed by atoms with E-state index >= 15 is 0 Å². The van der Waals surface area contributed by atoms with Gasteiger partial charge in [0.15, 0.2) is 0 Å². The third kappa shape index (κ3) is 0.728. The molecule has 0 bridgehead atoms. The van der Waals surface area contributed by atoms with E-state index in [1.807, 2.05) is 0 Å². The molecule has 68 valence electrons. The van der Waals surface area contributed by atoms with Crippen LogP contribution in [0.1, 0.15) is 25.7 Å². The van der Waals surface area contributed by atoms with Crippen LogP contribution in [0.2, 0.25) is 0 Å². The Bertz CT molecular complexity index is 204. The molecule has 2 saturated carbocycles. The molecule has 3 fully saturated rings. The fourth-order valence-corrected chi connectivity index (χ4v) is 3.18. The second-order valence-corrected chi connectivity index (χ2v) is 4.91. The summed E-state index contributed by atoms with van der Waals surface area (Å²) < 4.78 is 0. The largest absolute Gasteiger partial charge is 0.315 e. The average molecular weight is 166 g/mol. The van der Waals surface area contributed by atoms with Gasteiger partial charge in [0.2, 0.25) is 0 Å². The van der Waals surface area contributed by atoms with Gasteiger partial charge in [0, 0.05) is 30.6 Å². The molecule has 0 amide bonds. The maximum absolute atomic E-state index is 3.58. The van der Waals surface area contributed by atoms with Crippen molar-refractivity contribution in [3.8, 4) is 0 Å². The van der Waals surface area contributed by atoms with Gasteiger partial charge in [-0.3, -0.25) is 4.90 Å². The van der Waals surface area contributed by atoms with Gasteiger partial charge < -0.3 is 5.32 Å². The van der Waals surface area contributed by atoms with Gasteiger partial charge in [-0.1, -0.05) is 0 Å². The minimum atomic E-state index is 0.649. The van der Waals surface area contributed by atoms with E-state index in [0.717, 1.165) is 0 Å². The van der Waals surface area contributed by atoms with E-state index in [-0.39, 0.29) is 0 Å². The predicted molar refractivity (Wildman–Crippen MR) is 49.1 cm³/mol. The Morgan fingerprint density at radius 2 is 1.92 bits per heavy atom. The number of hydrogen-bond acceptors (Lipinski definition) is 2. The molecular weight excluding hydrogens is 148 g/mol. The summed E-state index contributed by atoms with van der Waals surface area (Å²) in [6.45, 7) is 3.74. The summed E-state index contributed by atoms with van der Waals surface area (Å²) in [5, 5.41) is 3.58. The Balaban J connectivity index is 1.91. The van der Waals surface area contributed by atoms with Gasteiger partial charge >= 0.3 is 0 Å². The zero-order chi connectivity index (χ0) is 8.23. The van der Waals surface area contributed by atoms with Crippen molar-refractivity contribution < 1.29 is 0 Å². The van der Waals surface area contributed by atoms with Crippen molar-refractivity contribution in [2.45, 2.75) is 31.2 Å². The molecule has 0 aromatic rings. The minimum Gasteiger partial charge on any atom is -0.315 e. The van der Waals surface area contributed by atoms with E-state index in [0.29, 0.717) is 11.0 Å². The Morgan fingerprint density at radius 1 is 1.17 bits per heavy atom. The first kappa shape index (κ1) is 7.34. The summed E-state index contributed by atoms with van der Waals surface area (Å²) in [5.74, 6) is 0. The lowest BCUT2D eigenvalue weighted by atomic mass is 9.93. The van der Waals surface area contributed by atoms with Gasteiger partial charge in [0.25, 0.3) is 0 Å². The first-order valence-corrected chi connectivity index (χ1v) is 5.21. The van der Waals surface area contributed by atoms with Gasteiger partial charge in [-0.25, -0.2) is 0 Å². The van der Waals surface area contributed by atoms with Crippen molar-refractivity contribution in [2.75, 3.05) is 26.7 Å². The Kier molecular flexibility index (Phi) is 1.25. The Labute approximate surface area is 74.3 Å². The quantitative estimate of drug-likeness (QED) is 0.573. The second kappa shape index (κ2) is 2.05. The van der Waals surface area contributed by atoms with Crippen LogP contribution in [-0.4, -0.2) is 37.1 Å². The van der Waals surface area contributed by atoms with Gasteiger partial charge in [-0.2, -0.15) is 0 Å². The molecule has 0 unspecified atom stereocenters. The zero-order valence-electron chi connectivity index (χ0n) is 7.90. The molecule has 0 aromatic heterocycles. The fraction of sp³-hybridized carbons (Fsp3) is 1.00. The number of fused-ring (bicyclic) bond motifs is 1. The summed E-state index contributed by atoms with van der Waals surface area (Å²) in [5.41, 5.74) is 1.36. The van der Waals surface area contributed by atoms with Crippen LogP contribution in [-0.2, 0) is 0 Å². The van der Waals surface area contributed by atoms with Gasteiger partial charge in [-0.05, 0) is 32.7 Å². The number of hydrogen-bond donors (Lipinski definition) is 1. The lowest BCUT2D eigenvalue weighted by molar-refractivity contribution is 0.161. The van der Waals surface area contributed by atoms with Crippen molar-refractivity contribution in [2.24, 2.45) is 5.41 Å². The van der Waals surface area contributed by atoms with E-state index in [1.165, 1.54) is 45.3 Å². The molecule has 2 heteroatoms. The summed E-state index contributed by atoms with van der Waals surface area (Å²) in [6, 6.07) is 0. The summed E-state index contributed by atoms with van der Waals surface area (Å²) in [6.07, 6.45) is 5.88. The highest BCUT2D eigenvalue weighted by molar-refractivity contribution is 5.22. The molecule has 1 heterocycles. The molecule has 0 aromatic carbocycles. The SMILES string of the molecule is CN1CCNCC2(CC2)C12CC2. The van der Waals surface area contributed by atoms with Crippen LogP contribution in [0.15, 0.2) is 0 Å². The molecule has 1 aliphatic heterocycles. The van der Waals surface area contributed by atoms with E-state index in [1.54, 1.807) is 0 Å². The maximum Gasteiger partial charge on any atom is 0.0276 e. The first-order chi connectivity index (χ1) is 5.79. The lowest BCUT2D eigenvalue weighted by Crippen LogP contribution is -2.42. The number of nitrogens with zero attached hydrogens (tertiary/aromatic N) is 1. The molecule has 12 heavy (non-hydrogen) atoms. The van der Waals surface area contributed by atoms with Crippen molar-refractivity contribution in [3.63, 3.8) is 0 Å². The number of nitrogens with one attached hydrogen (secondary N) is 1. The van der Waals surface area contributed by atoms with Crippen LogP contribution < -0.4 is 5.32 Å². The molecular formula is C10H18N2. The van der Waals surface area contributed by atoms with Gasteiger partial charge in [0.1, 0.15) is 0 Å². The van der Waals surface area contributed by atoms with E-state index in [2.05, 4.69) is 17.3 Å². The summed E-state index contributed by atoms with van der Waals surface area (Å²) in [4.78, 5) is 2.62. The van der Waals surface area contributed by atoms with Crippen LogP contribution >= 0.6 is 0 Å². The predicted octanol–water partition coefficient (Wildman–Crippen LogP) is 0.834. The smallest absolute Gasteiger partial charge is 0.0276 e. The highest BCUT2D eigenvalue weighted by atomic mass is 15.3. The van der Waals surface area contributed by atoms with Crippen LogP contribution in [0.25, 0.3) is 0 Å². The van der Waals surface area contributed by atoms with E-state index in [4.69, 9.17) is 0 Å². The molecule has 3 rings (SSSR count). The van der Waals surface area contributed by atoms with Crippen LogP contribution in [0.3, 0.4) is 0 Å². The normalized spacial score (nSPS) is 36.8. The van der Waals surface area contributed by atoms with Crippen LogP contribution in [0.5, 0.6) is 0 Å². The Hall–Kier alpha value is -0.0800. The number of likely N-dealkylation sites (N-methyl/N-ethyl adjacent to an activating group) is 1. The minimum absolute atomic E-state index is 0.649. The number of rotatable bonds is 0. The van der Waals surface area contributed by atoms with Crippen LogP contribution in [0.4, 0.5) is 0 Å². The molecule has 1 saturated heterocycles. The third-order valence-corrected chi connectivity index (χ3v) is 4.38. The summed E-state index contributed by atoms with van der Waals surface area (Å²) >= 11 is 0. The zero-order valence-corrected chi connectivity index (χ0v) is 7.90. The monoisotopic (exact) mass is 166 g/mol. The van der Waals surface area contributed by atoms with Crippen molar-refractivity contribution in [1.82, 2.24) is 10.2 Å². The summed E-state index contributed by atoms with van der Waals surface area (Å²) in [7, 11) is 2.32. The van der Waals surface area contributed by atoms with E-state index < -0.39 is 0 Å². The highest BCUT2D eigenvalue weighted by Gasteiger charge is 2.67. The molecule has 1 N–H and O–H groups in total. The van der Waals surface area contributed by atoms with Crippen LogP contribution in [0, 0.1) is 5.41 Å². The average Bonchev–Trinajstić information content (AvgIpc) is 2.87. The molecule has 3 aliphatic rings. The third-order valence-electron chi connectivity index (χ3n) is 4.38.